The molecule has 1 aromatic rings. The van der Waals surface area contributed by atoms with Crippen LogP contribution in [0, 0.1) is 11.8 Å². The molecular weight excluding hydrogens is 256 g/mol. The third kappa shape index (κ3) is 3.44. The van der Waals surface area contributed by atoms with E-state index in [0.717, 1.165) is 5.56 Å². The number of Topliss-reactive ketones (excluding diaryl/α,β-unsaturated/α-hetero) is 1. The molecule has 0 radical (unpaired) electrons. The maximum absolute atomic E-state index is 12.2. The van der Waals surface area contributed by atoms with E-state index in [2.05, 4.69) is 5.32 Å². The topological polar surface area (TPSA) is 89.3 Å². The van der Waals surface area contributed by atoms with Crippen molar-refractivity contribution in [2.45, 2.75) is 25.8 Å². The predicted molar refractivity (Wildman–Crippen MR) is 73.3 cm³/mol. The summed E-state index contributed by atoms with van der Waals surface area (Å²) < 4.78 is 0. The summed E-state index contributed by atoms with van der Waals surface area (Å²) >= 11 is 0. The highest BCUT2D eigenvalue weighted by atomic mass is 16.2. The smallest absolute Gasteiger partial charge is 0.224 e. The first kappa shape index (κ1) is 14.2. The zero-order valence-corrected chi connectivity index (χ0v) is 11.2. The predicted octanol–water partition coefficient (Wildman–Crippen LogP) is 0.773. The van der Waals surface area contributed by atoms with Gasteiger partial charge in [-0.25, -0.2) is 0 Å². The third-order valence-corrected chi connectivity index (χ3v) is 3.68. The number of nitrogens with one attached hydrogen (secondary N) is 1. The van der Waals surface area contributed by atoms with Crippen LogP contribution in [0.15, 0.2) is 30.3 Å². The number of hydrogen-bond donors (Lipinski definition) is 2. The Morgan fingerprint density at radius 2 is 1.90 bits per heavy atom. The molecule has 20 heavy (non-hydrogen) atoms. The molecule has 3 N–H and O–H groups in total. The number of nitrogens with two attached hydrogens (primary N) is 1. The highest BCUT2D eigenvalue weighted by Gasteiger charge is 2.37. The van der Waals surface area contributed by atoms with Gasteiger partial charge in [0.2, 0.25) is 11.8 Å². The van der Waals surface area contributed by atoms with Crippen LogP contribution < -0.4 is 11.1 Å². The molecule has 0 heterocycles. The standard InChI is InChI=1S/C15H18N2O3/c16-14(19)12-7-6-11(18)8-13(12)15(20)17-9-10-4-2-1-3-5-10/h1-5,12-13H,6-9H2,(H2,16,19)(H,17,20). The molecule has 106 valence electrons. The van der Waals surface area contributed by atoms with E-state index in [-0.39, 0.29) is 18.1 Å². The Kier molecular flexibility index (Phi) is 4.50. The normalized spacial score (nSPS) is 22.3. The van der Waals surface area contributed by atoms with E-state index in [0.29, 0.717) is 19.4 Å². The summed E-state index contributed by atoms with van der Waals surface area (Å²) in [6, 6.07) is 9.47. The molecule has 2 rings (SSSR count). The molecule has 1 aromatic carbocycles. The lowest BCUT2D eigenvalue weighted by Crippen LogP contribution is -2.43. The molecule has 5 nitrogen and oxygen atoms in total. The molecule has 2 amide bonds. The monoisotopic (exact) mass is 274 g/mol. The van der Waals surface area contributed by atoms with Crippen molar-refractivity contribution in [2.75, 3.05) is 0 Å². The van der Waals surface area contributed by atoms with E-state index in [1.54, 1.807) is 0 Å². The first-order valence-electron chi connectivity index (χ1n) is 6.70. The number of ketones is 1. The summed E-state index contributed by atoms with van der Waals surface area (Å²) in [7, 11) is 0. The van der Waals surface area contributed by atoms with E-state index in [1.807, 2.05) is 30.3 Å². The fourth-order valence-electron chi connectivity index (χ4n) is 2.54. The summed E-state index contributed by atoms with van der Waals surface area (Å²) in [6.07, 6.45) is 0.807. The van der Waals surface area contributed by atoms with Crippen molar-refractivity contribution in [3.05, 3.63) is 35.9 Å². The van der Waals surface area contributed by atoms with Crippen molar-refractivity contribution in [3.63, 3.8) is 0 Å². The maximum atomic E-state index is 12.2. The molecule has 5 heteroatoms. The van der Waals surface area contributed by atoms with Crippen LogP contribution in [0.2, 0.25) is 0 Å². The molecule has 1 saturated carbocycles. The lowest BCUT2D eigenvalue weighted by Gasteiger charge is -2.27. The largest absolute Gasteiger partial charge is 0.369 e. The minimum absolute atomic E-state index is 0.0161. The van der Waals surface area contributed by atoms with Crippen LogP contribution in [0.25, 0.3) is 0 Å². The molecule has 0 aromatic heterocycles. The molecule has 0 bridgehead atoms. The Bertz CT molecular complexity index is 513. The number of carbonyl (C=O) groups excluding carboxylic acids is 3. The average Bonchev–Trinajstić information content (AvgIpc) is 2.45. The molecule has 0 aliphatic heterocycles. The minimum Gasteiger partial charge on any atom is -0.369 e. The van der Waals surface area contributed by atoms with Gasteiger partial charge >= 0.3 is 0 Å². The number of benzene rings is 1. The van der Waals surface area contributed by atoms with Crippen molar-refractivity contribution < 1.29 is 14.4 Å². The third-order valence-electron chi connectivity index (χ3n) is 3.68. The lowest BCUT2D eigenvalue weighted by atomic mass is 9.77. The van der Waals surface area contributed by atoms with Crippen LogP contribution in [0.3, 0.4) is 0 Å². The van der Waals surface area contributed by atoms with Gasteiger partial charge < -0.3 is 11.1 Å². The van der Waals surface area contributed by atoms with Gasteiger partial charge in [0.15, 0.2) is 0 Å². The van der Waals surface area contributed by atoms with Crippen molar-refractivity contribution >= 4 is 17.6 Å². The average molecular weight is 274 g/mol. The van der Waals surface area contributed by atoms with Gasteiger partial charge in [0.25, 0.3) is 0 Å². The molecule has 0 saturated heterocycles. The van der Waals surface area contributed by atoms with Gasteiger partial charge in [0, 0.05) is 19.4 Å². The molecule has 0 spiro atoms. The highest BCUT2D eigenvalue weighted by molar-refractivity contribution is 5.93. The quantitative estimate of drug-likeness (QED) is 0.850. The molecule has 2 unspecified atom stereocenters. The number of primary amides is 1. The summed E-state index contributed by atoms with van der Waals surface area (Å²) in [5, 5.41) is 2.78. The maximum Gasteiger partial charge on any atom is 0.224 e. The number of hydrogen-bond acceptors (Lipinski definition) is 3. The van der Waals surface area contributed by atoms with E-state index in [4.69, 9.17) is 5.73 Å². The molecule has 1 fully saturated rings. The van der Waals surface area contributed by atoms with Crippen LogP contribution >= 0.6 is 0 Å². The van der Waals surface area contributed by atoms with E-state index in [9.17, 15) is 14.4 Å². The summed E-state index contributed by atoms with van der Waals surface area (Å²) in [4.78, 5) is 35.0. The van der Waals surface area contributed by atoms with Crippen molar-refractivity contribution in [1.82, 2.24) is 5.32 Å². The molecule has 1 aliphatic carbocycles. The second kappa shape index (κ2) is 6.32. The number of rotatable bonds is 4. The van der Waals surface area contributed by atoms with Gasteiger partial charge in [0.05, 0.1) is 11.8 Å². The first-order valence-corrected chi connectivity index (χ1v) is 6.70. The van der Waals surface area contributed by atoms with E-state index >= 15 is 0 Å². The van der Waals surface area contributed by atoms with Crippen molar-refractivity contribution in [2.24, 2.45) is 17.6 Å². The SMILES string of the molecule is NC(=O)C1CCC(=O)CC1C(=O)NCc1ccccc1. The molecular formula is C15H18N2O3. The number of amides is 2. The Morgan fingerprint density at radius 1 is 1.20 bits per heavy atom. The van der Waals surface area contributed by atoms with Gasteiger partial charge in [-0.3, -0.25) is 14.4 Å². The summed E-state index contributed by atoms with van der Waals surface area (Å²) in [5.41, 5.74) is 6.29. The van der Waals surface area contributed by atoms with Crippen LogP contribution in [-0.2, 0) is 20.9 Å². The minimum atomic E-state index is -0.627. The van der Waals surface area contributed by atoms with Crippen molar-refractivity contribution in [1.29, 1.82) is 0 Å². The van der Waals surface area contributed by atoms with Crippen LogP contribution in [0.5, 0.6) is 0 Å². The van der Waals surface area contributed by atoms with E-state index in [1.165, 1.54) is 0 Å². The fourth-order valence-corrected chi connectivity index (χ4v) is 2.54. The van der Waals surface area contributed by atoms with Gasteiger partial charge in [-0.05, 0) is 12.0 Å². The van der Waals surface area contributed by atoms with Crippen molar-refractivity contribution in [3.8, 4) is 0 Å². The van der Waals surface area contributed by atoms with Gasteiger partial charge in [0.1, 0.15) is 5.78 Å². The van der Waals surface area contributed by atoms with Gasteiger partial charge in [-0.1, -0.05) is 30.3 Å². The Morgan fingerprint density at radius 3 is 2.55 bits per heavy atom. The Balaban J connectivity index is 1.98. The molecule has 2 atom stereocenters. The van der Waals surface area contributed by atoms with Crippen LogP contribution in [0.1, 0.15) is 24.8 Å². The zero-order valence-electron chi connectivity index (χ0n) is 11.2. The second-order valence-electron chi connectivity index (χ2n) is 5.10. The van der Waals surface area contributed by atoms with Gasteiger partial charge in [-0.2, -0.15) is 0 Å². The van der Waals surface area contributed by atoms with Crippen LogP contribution in [0.4, 0.5) is 0 Å². The highest BCUT2D eigenvalue weighted by Crippen LogP contribution is 2.28. The first-order chi connectivity index (χ1) is 9.58. The molecule has 1 aliphatic rings. The second-order valence-corrected chi connectivity index (χ2v) is 5.10. The Hall–Kier alpha value is -2.17. The van der Waals surface area contributed by atoms with E-state index < -0.39 is 17.7 Å². The summed E-state index contributed by atoms with van der Waals surface area (Å²) in [5.74, 6) is -1.92. The summed E-state index contributed by atoms with van der Waals surface area (Å²) in [6.45, 7) is 0.385. The number of carbonyl (C=O) groups is 3. The van der Waals surface area contributed by atoms with Gasteiger partial charge in [-0.15, -0.1) is 0 Å². The Labute approximate surface area is 117 Å². The zero-order chi connectivity index (χ0) is 14.5. The van der Waals surface area contributed by atoms with Crippen LogP contribution in [-0.4, -0.2) is 17.6 Å². The lowest BCUT2D eigenvalue weighted by molar-refractivity contribution is -0.139. The fraction of sp³-hybridized carbons (Fsp3) is 0.400.